The molecule has 0 saturated carbocycles. The first-order valence-corrected chi connectivity index (χ1v) is 28.5. The van der Waals surface area contributed by atoms with Gasteiger partial charge in [-0.2, -0.15) is 0 Å². The molecule has 13 aromatic rings. The van der Waals surface area contributed by atoms with Gasteiger partial charge in [0.1, 0.15) is 0 Å². The molecule has 0 bridgehead atoms. The molecule has 2 heteroatoms. The number of thiophene rings is 1. The van der Waals surface area contributed by atoms with E-state index in [1.807, 2.05) is 11.3 Å². The van der Waals surface area contributed by atoms with Gasteiger partial charge in [-0.25, -0.2) is 0 Å². The van der Waals surface area contributed by atoms with Gasteiger partial charge in [-0.15, -0.1) is 11.3 Å². The van der Waals surface area contributed by atoms with Crippen molar-refractivity contribution in [2.45, 2.75) is 30.1 Å². The highest BCUT2D eigenvalue weighted by molar-refractivity contribution is 7.25. The lowest BCUT2D eigenvalue weighted by atomic mass is 9.51. The fourth-order valence-electron chi connectivity index (χ4n) is 14.6. The zero-order valence-electron chi connectivity index (χ0n) is 44.0. The van der Waals surface area contributed by atoms with Gasteiger partial charge < -0.3 is 4.90 Å². The van der Waals surface area contributed by atoms with Gasteiger partial charge in [0.05, 0.1) is 10.8 Å². The van der Waals surface area contributed by atoms with Crippen LogP contribution in [0.25, 0.3) is 64.7 Å². The second-order valence-electron chi connectivity index (χ2n) is 22.3. The first-order chi connectivity index (χ1) is 38.9. The smallest absolute Gasteiger partial charge is 0.0720 e. The predicted octanol–water partition coefficient (Wildman–Crippen LogP) is 20.2. The Balaban J connectivity index is 0.840. The van der Waals surface area contributed by atoms with Crippen molar-refractivity contribution in [3.05, 3.63) is 341 Å². The summed E-state index contributed by atoms with van der Waals surface area (Å²) in [5.41, 5.74) is 25.3. The summed E-state index contributed by atoms with van der Waals surface area (Å²) in [5, 5.41) is 2.63. The monoisotopic (exact) mass is 1020 g/mol. The highest BCUT2D eigenvalue weighted by Crippen LogP contribution is 2.65. The van der Waals surface area contributed by atoms with E-state index >= 15 is 0 Å². The molecule has 0 unspecified atom stereocenters. The van der Waals surface area contributed by atoms with Gasteiger partial charge in [0, 0.05) is 42.6 Å². The van der Waals surface area contributed by atoms with Crippen LogP contribution in [0.1, 0.15) is 69.5 Å². The van der Waals surface area contributed by atoms with E-state index in [2.05, 4.69) is 304 Å². The Morgan fingerprint density at radius 3 is 1.30 bits per heavy atom. The van der Waals surface area contributed by atoms with Crippen molar-refractivity contribution < 1.29 is 0 Å². The summed E-state index contributed by atoms with van der Waals surface area (Å²) in [4.78, 5) is 2.44. The second-order valence-corrected chi connectivity index (χ2v) is 23.4. The summed E-state index contributed by atoms with van der Waals surface area (Å²) >= 11 is 1.87. The van der Waals surface area contributed by atoms with E-state index in [0.29, 0.717) is 0 Å². The van der Waals surface area contributed by atoms with Gasteiger partial charge in [0.25, 0.3) is 0 Å². The minimum atomic E-state index is -0.574. The maximum atomic E-state index is 2.52. The van der Waals surface area contributed by atoms with Crippen molar-refractivity contribution in [2.24, 2.45) is 0 Å². The van der Waals surface area contributed by atoms with Gasteiger partial charge in [0.2, 0.25) is 0 Å². The van der Waals surface area contributed by atoms with Crippen molar-refractivity contribution in [2.75, 3.05) is 4.90 Å². The number of hydrogen-bond donors (Lipinski definition) is 0. The minimum Gasteiger partial charge on any atom is -0.310 e. The Labute approximate surface area is 466 Å². The predicted molar refractivity (Wildman–Crippen MR) is 332 cm³/mol. The Morgan fingerprint density at radius 1 is 0.266 bits per heavy atom. The van der Waals surface area contributed by atoms with Crippen LogP contribution >= 0.6 is 11.3 Å². The molecule has 0 amide bonds. The van der Waals surface area contributed by atoms with Crippen LogP contribution in [-0.2, 0) is 16.2 Å². The molecule has 372 valence electrons. The van der Waals surface area contributed by atoms with Crippen molar-refractivity contribution in [1.82, 2.24) is 0 Å². The topological polar surface area (TPSA) is 3.24 Å². The molecule has 1 aromatic heterocycles. The highest BCUT2D eigenvalue weighted by atomic mass is 32.1. The average Bonchev–Trinajstić information content (AvgIpc) is 4.29. The van der Waals surface area contributed by atoms with Crippen LogP contribution in [0.4, 0.5) is 17.1 Å². The Hall–Kier alpha value is -9.34. The zero-order valence-corrected chi connectivity index (χ0v) is 44.8. The van der Waals surface area contributed by atoms with Crippen molar-refractivity contribution in [3.8, 4) is 44.5 Å². The van der Waals surface area contributed by atoms with E-state index in [-0.39, 0.29) is 5.41 Å². The van der Waals surface area contributed by atoms with Crippen molar-refractivity contribution >= 4 is 48.6 Å². The van der Waals surface area contributed by atoms with Gasteiger partial charge >= 0.3 is 0 Å². The third-order valence-corrected chi connectivity index (χ3v) is 19.2. The van der Waals surface area contributed by atoms with Crippen LogP contribution in [0, 0.1) is 0 Å². The van der Waals surface area contributed by atoms with E-state index in [1.165, 1.54) is 120 Å². The summed E-state index contributed by atoms with van der Waals surface area (Å²) in [6.45, 7) is 4.74. The summed E-state index contributed by atoms with van der Waals surface area (Å²) < 4.78 is 2.65. The number of hydrogen-bond acceptors (Lipinski definition) is 2. The van der Waals surface area contributed by atoms with Crippen molar-refractivity contribution in [3.63, 3.8) is 0 Å². The first-order valence-electron chi connectivity index (χ1n) is 27.6. The molecule has 0 saturated heterocycles. The normalized spacial score (nSPS) is 14.5. The second kappa shape index (κ2) is 17.3. The number of nitrogens with zero attached hydrogens (tertiary/aromatic N) is 1. The standard InChI is InChI=1S/C77H53NS/c1-75(2)65-26-12-9-23-59(65)61-45-43-58(49-71(61)75)78(56-39-33-50(34-40-56)52-38-46-74-64(47-52)63-25-11-18-32-73(63)79-74)57-41-35-51(36-42-57)53-37-44-62-60-24-10-13-27-66(60)77(72(62)48-53)69-30-16-14-28-67(69)76(54-19-5-3-6-20-54,55-21-7-4-8-22-55)68-29-15-17-31-70(68)77/h3-49H,1-2H3. The lowest BCUT2D eigenvalue weighted by Gasteiger charge is -2.50. The molecular formula is C77H53NS. The van der Waals surface area contributed by atoms with E-state index in [0.717, 1.165) is 17.1 Å². The summed E-state index contributed by atoms with van der Waals surface area (Å²) in [6.07, 6.45) is 0. The van der Waals surface area contributed by atoms with Crippen LogP contribution in [0.2, 0.25) is 0 Å². The first kappa shape index (κ1) is 45.8. The summed E-state index contributed by atoms with van der Waals surface area (Å²) in [6, 6.07) is 108. The molecule has 0 aliphatic heterocycles. The maximum absolute atomic E-state index is 2.52. The molecule has 79 heavy (non-hydrogen) atoms. The molecule has 3 aliphatic carbocycles. The lowest BCUT2D eigenvalue weighted by Crippen LogP contribution is -2.44. The van der Waals surface area contributed by atoms with E-state index in [4.69, 9.17) is 0 Å². The minimum absolute atomic E-state index is 0.139. The fraction of sp³-hybridized carbons (Fsp3) is 0.0649. The molecular weight excluding hydrogens is 971 g/mol. The van der Waals surface area contributed by atoms with E-state index < -0.39 is 10.8 Å². The summed E-state index contributed by atoms with van der Waals surface area (Å²) in [5.74, 6) is 0. The fourth-order valence-corrected chi connectivity index (χ4v) is 15.6. The van der Waals surface area contributed by atoms with Crippen LogP contribution in [-0.4, -0.2) is 0 Å². The Morgan fingerprint density at radius 2 is 0.684 bits per heavy atom. The molecule has 0 atom stereocenters. The average molecular weight is 1020 g/mol. The number of benzene rings is 12. The molecule has 1 nitrogen and oxygen atoms in total. The summed E-state index contributed by atoms with van der Waals surface area (Å²) in [7, 11) is 0. The molecule has 16 rings (SSSR count). The SMILES string of the molecule is CC1(C)c2ccccc2-c2ccc(N(c3ccc(-c4ccc5c(c4)C4(c6ccccc6-5)c5ccccc5C(c5ccccc5)(c5ccccc5)c5ccccc54)cc3)c3ccc(-c4ccc5sc6ccccc6c5c4)cc3)cc21. The van der Waals surface area contributed by atoms with Crippen LogP contribution < -0.4 is 4.90 Å². The van der Waals surface area contributed by atoms with Gasteiger partial charge in [-0.3, -0.25) is 0 Å². The van der Waals surface area contributed by atoms with Crippen LogP contribution in [0.15, 0.2) is 285 Å². The molecule has 0 N–H and O–H groups in total. The largest absolute Gasteiger partial charge is 0.310 e. The molecule has 0 fully saturated rings. The molecule has 1 heterocycles. The van der Waals surface area contributed by atoms with Gasteiger partial charge in [-0.1, -0.05) is 238 Å². The molecule has 0 radical (unpaired) electrons. The number of anilines is 3. The van der Waals surface area contributed by atoms with Gasteiger partial charge in [-0.05, 0) is 161 Å². The molecule has 12 aromatic carbocycles. The van der Waals surface area contributed by atoms with Crippen LogP contribution in [0.5, 0.6) is 0 Å². The maximum Gasteiger partial charge on any atom is 0.0720 e. The third-order valence-electron chi connectivity index (χ3n) is 18.0. The lowest BCUT2D eigenvalue weighted by molar-refractivity contribution is 0.624. The van der Waals surface area contributed by atoms with Gasteiger partial charge in [0.15, 0.2) is 0 Å². The quantitative estimate of drug-likeness (QED) is 0.154. The van der Waals surface area contributed by atoms with E-state index in [9.17, 15) is 0 Å². The Kier molecular flexibility index (Phi) is 10.1. The number of fused-ring (bicyclic) bond motifs is 15. The number of rotatable bonds is 7. The molecule has 1 spiro atoms. The third kappa shape index (κ3) is 6.50. The van der Waals surface area contributed by atoms with Crippen LogP contribution in [0.3, 0.4) is 0 Å². The highest BCUT2D eigenvalue weighted by Gasteiger charge is 2.56. The van der Waals surface area contributed by atoms with E-state index in [1.54, 1.807) is 0 Å². The van der Waals surface area contributed by atoms with Crippen molar-refractivity contribution in [1.29, 1.82) is 0 Å². The zero-order chi connectivity index (χ0) is 52.5. The Bertz CT molecular complexity index is 4470. The molecule has 3 aliphatic rings.